The number of allylic oxidation sites excluding steroid dienone is 1. The molecule has 0 fully saturated rings. The normalized spacial score (nSPS) is 11.6. The topological polar surface area (TPSA) is 77.5 Å². The van der Waals surface area contributed by atoms with Gasteiger partial charge in [0.15, 0.2) is 4.80 Å². The van der Waals surface area contributed by atoms with Crippen LogP contribution in [0.1, 0.15) is 10.4 Å². The van der Waals surface area contributed by atoms with Crippen LogP contribution in [0.3, 0.4) is 0 Å². The summed E-state index contributed by atoms with van der Waals surface area (Å²) in [6.45, 7) is 4.16. The predicted octanol–water partition coefficient (Wildman–Crippen LogP) is 4.19. The van der Waals surface area contributed by atoms with E-state index in [1.807, 2.05) is 12.1 Å². The van der Waals surface area contributed by atoms with Gasteiger partial charge in [-0.25, -0.2) is 0 Å². The minimum Gasteiger partial charge on any atom is -0.311 e. The van der Waals surface area contributed by atoms with E-state index < -0.39 is 10.8 Å². The van der Waals surface area contributed by atoms with Crippen molar-refractivity contribution >= 4 is 44.7 Å². The molecule has 0 spiro atoms. The number of nitrogens with zero attached hydrogens (tertiary/aromatic N) is 3. The first-order chi connectivity index (χ1) is 12.0. The summed E-state index contributed by atoms with van der Waals surface area (Å²) in [5.41, 5.74) is 0.780. The first-order valence-corrected chi connectivity index (χ1v) is 8.43. The Morgan fingerprint density at radius 1 is 1.36 bits per heavy atom. The minimum absolute atomic E-state index is 0.153. The van der Waals surface area contributed by atoms with Crippen LogP contribution in [0.2, 0.25) is 5.02 Å². The first kappa shape index (κ1) is 17.1. The predicted molar refractivity (Wildman–Crippen MR) is 98.0 cm³/mol. The van der Waals surface area contributed by atoms with Crippen LogP contribution >= 0.6 is 22.9 Å². The van der Waals surface area contributed by atoms with Gasteiger partial charge in [0.1, 0.15) is 0 Å². The number of non-ortho nitro benzene ring substituents is 1. The van der Waals surface area contributed by atoms with Gasteiger partial charge in [-0.05, 0) is 18.2 Å². The molecule has 6 nitrogen and oxygen atoms in total. The summed E-state index contributed by atoms with van der Waals surface area (Å²) in [6.07, 6.45) is 1.69. The van der Waals surface area contributed by atoms with Gasteiger partial charge in [-0.15, -0.1) is 6.58 Å². The Hall–Kier alpha value is -2.77. The summed E-state index contributed by atoms with van der Waals surface area (Å²) in [5.74, 6) is -0.552. The molecule has 0 bridgehead atoms. The van der Waals surface area contributed by atoms with Crippen LogP contribution < -0.4 is 4.80 Å². The lowest BCUT2D eigenvalue weighted by Gasteiger charge is -2.02. The molecule has 3 rings (SSSR count). The average molecular weight is 374 g/mol. The molecule has 25 heavy (non-hydrogen) atoms. The van der Waals surface area contributed by atoms with Crippen LogP contribution in [0, 0.1) is 10.1 Å². The van der Waals surface area contributed by atoms with Crippen LogP contribution in [0.4, 0.5) is 5.69 Å². The number of benzene rings is 2. The molecule has 0 saturated heterocycles. The highest BCUT2D eigenvalue weighted by Gasteiger charge is 2.13. The molecule has 1 amide bonds. The fraction of sp³-hybridized carbons (Fsp3) is 0.0588. The smallest absolute Gasteiger partial charge is 0.279 e. The highest BCUT2D eigenvalue weighted by molar-refractivity contribution is 7.16. The zero-order chi connectivity index (χ0) is 18.0. The first-order valence-electron chi connectivity index (χ1n) is 7.23. The molecule has 1 heterocycles. The molecule has 3 aromatic rings. The van der Waals surface area contributed by atoms with Crippen molar-refractivity contribution in [2.75, 3.05) is 0 Å². The van der Waals surface area contributed by atoms with Crippen molar-refractivity contribution in [3.63, 3.8) is 0 Å². The highest BCUT2D eigenvalue weighted by atomic mass is 35.5. The van der Waals surface area contributed by atoms with Crippen LogP contribution in [-0.4, -0.2) is 15.4 Å². The summed E-state index contributed by atoms with van der Waals surface area (Å²) in [5, 5.41) is 11.4. The molecule has 2 aromatic carbocycles. The van der Waals surface area contributed by atoms with Gasteiger partial charge in [0.25, 0.3) is 11.6 Å². The zero-order valence-corrected chi connectivity index (χ0v) is 14.5. The number of rotatable bonds is 4. The molecule has 0 atom stereocenters. The Kier molecular flexibility index (Phi) is 4.78. The number of hydrogen-bond donors (Lipinski definition) is 0. The number of nitro benzene ring substituents is 1. The second-order valence-electron chi connectivity index (χ2n) is 5.09. The van der Waals surface area contributed by atoms with Gasteiger partial charge >= 0.3 is 0 Å². The Morgan fingerprint density at radius 2 is 2.12 bits per heavy atom. The number of thiazole rings is 1. The SMILES string of the molecule is C=CCn1c(=NC(=O)c2cccc([N+](=O)[O-])c2)sc2cccc(Cl)c21. The molecule has 0 aliphatic heterocycles. The second-order valence-corrected chi connectivity index (χ2v) is 6.51. The maximum absolute atomic E-state index is 12.5. The molecule has 0 radical (unpaired) electrons. The molecule has 0 saturated carbocycles. The van der Waals surface area contributed by atoms with Crippen molar-refractivity contribution in [1.29, 1.82) is 0 Å². The molecule has 8 heteroatoms. The molecule has 126 valence electrons. The van der Waals surface area contributed by atoms with E-state index in [0.29, 0.717) is 16.4 Å². The lowest BCUT2D eigenvalue weighted by molar-refractivity contribution is -0.384. The monoisotopic (exact) mass is 373 g/mol. The molecule has 1 aromatic heterocycles. The van der Waals surface area contributed by atoms with E-state index in [9.17, 15) is 14.9 Å². The van der Waals surface area contributed by atoms with Crippen molar-refractivity contribution in [2.45, 2.75) is 6.54 Å². The lowest BCUT2D eigenvalue weighted by Crippen LogP contribution is -2.16. The van der Waals surface area contributed by atoms with Crippen molar-refractivity contribution in [3.8, 4) is 0 Å². The second kappa shape index (κ2) is 7.00. The van der Waals surface area contributed by atoms with E-state index in [2.05, 4.69) is 11.6 Å². The quantitative estimate of drug-likeness (QED) is 0.391. The minimum atomic E-state index is -0.552. The molecular weight excluding hydrogens is 362 g/mol. The van der Waals surface area contributed by atoms with Gasteiger partial charge in [0, 0.05) is 24.2 Å². The van der Waals surface area contributed by atoms with Crippen LogP contribution in [0.15, 0.2) is 60.1 Å². The summed E-state index contributed by atoms with van der Waals surface area (Å²) >= 11 is 7.59. The molecule has 0 aliphatic carbocycles. The van der Waals surface area contributed by atoms with E-state index in [0.717, 1.165) is 10.2 Å². The van der Waals surface area contributed by atoms with Gasteiger partial charge in [-0.1, -0.05) is 41.1 Å². The Bertz CT molecular complexity index is 1070. The fourth-order valence-electron chi connectivity index (χ4n) is 2.37. The van der Waals surface area contributed by atoms with Gasteiger partial charge in [0.2, 0.25) is 0 Å². The number of hydrogen-bond acceptors (Lipinski definition) is 4. The summed E-state index contributed by atoms with van der Waals surface area (Å²) in [7, 11) is 0. The Morgan fingerprint density at radius 3 is 2.84 bits per heavy atom. The average Bonchev–Trinajstić information content (AvgIpc) is 2.94. The highest BCUT2D eigenvalue weighted by Crippen LogP contribution is 2.25. The van der Waals surface area contributed by atoms with Gasteiger partial charge < -0.3 is 4.57 Å². The third-order valence-corrected chi connectivity index (χ3v) is 4.81. The third kappa shape index (κ3) is 3.38. The fourth-order valence-corrected chi connectivity index (χ4v) is 3.77. The van der Waals surface area contributed by atoms with E-state index in [1.165, 1.54) is 35.6 Å². The molecule has 0 unspecified atom stereocenters. The standard InChI is InChI=1S/C17H12ClN3O3S/c1-2-9-20-15-13(18)7-4-8-14(15)25-17(20)19-16(22)11-5-3-6-12(10-11)21(23)24/h2-8,10H,1,9H2. The third-order valence-electron chi connectivity index (χ3n) is 3.46. The van der Waals surface area contributed by atoms with E-state index in [-0.39, 0.29) is 11.3 Å². The van der Waals surface area contributed by atoms with Crippen LogP contribution in [0.5, 0.6) is 0 Å². The number of nitro groups is 1. The number of amides is 1. The number of halogens is 1. The van der Waals surface area contributed by atoms with Gasteiger partial charge in [-0.2, -0.15) is 4.99 Å². The molecule has 0 N–H and O–H groups in total. The lowest BCUT2D eigenvalue weighted by atomic mass is 10.2. The van der Waals surface area contributed by atoms with Crippen molar-refractivity contribution in [1.82, 2.24) is 4.57 Å². The number of carbonyl (C=O) groups is 1. The van der Waals surface area contributed by atoms with Crippen LogP contribution in [0.25, 0.3) is 10.2 Å². The molecule has 0 aliphatic rings. The maximum Gasteiger partial charge on any atom is 0.279 e. The Labute approximate surface area is 151 Å². The van der Waals surface area contributed by atoms with E-state index in [1.54, 1.807) is 16.7 Å². The van der Waals surface area contributed by atoms with E-state index >= 15 is 0 Å². The Balaban J connectivity index is 2.15. The zero-order valence-electron chi connectivity index (χ0n) is 12.9. The summed E-state index contributed by atoms with van der Waals surface area (Å²) in [6, 6.07) is 11.0. The number of fused-ring (bicyclic) bond motifs is 1. The molecular formula is C17H12ClN3O3S. The van der Waals surface area contributed by atoms with Crippen molar-refractivity contribution in [3.05, 3.63) is 80.6 Å². The number of carbonyl (C=O) groups excluding carboxylic acids is 1. The summed E-state index contributed by atoms with van der Waals surface area (Å²) < 4.78 is 2.69. The largest absolute Gasteiger partial charge is 0.311 e. The maximum atomic E-state index is 12.5. The number of para-hydroxylation sites is 1. The van der Waals surface area contributed by atoms with Gasteiger partial charge in [-0.3, -0.25) is 14.9 Å². The van der Waals surface area contributed by atoms with Crippen molar-refractivity contribution in [2.24, 2.45) is 4.99 Å². The number of aromatic nitrogens is 1. The van der Waals surface area contributed by atoms with Crippen LogP contribution in [-0.2, 0) is 6.54 Å². The van der Waals surface area contributed by atoms with Crippen molar-refractivity contribution < 1.29 is 9.72 Å². The summed E-state index contributed by atoms with van der Waals surface area (Å²) in [4.78, 5) is 27.4. The van der Waals surface area contributed by atoms with Gasteiger partial charge in [0.05, 0.1) is 20.2 Å². The van der Waals surface area contributed by atoms with E-state index in [4.69, 9.17) is 11.6 Å².